The quantitative estimate of drug-likeness (QED) is 0.439. The van der Waals surface area contributed by atoms with Gasteiger partial charge in [-0.3, -0.25) is 20.2 Å². The van der Waals surface area contributed by atoms with Gasteiger partial charge in [0.05, 0.1) is 11.9 Å². The molecule has 1 N–H and O–H groups in total. The zero-order chi connectivity index (χ0) is 19.6. The summed E-state index contributed by atoms with van der Waals surface area (Å²) in [5, 5.41) is 7.52. The van der Waals surface area contributed by atoms with E-state index in [4.69, 9.17) is 17.0 Å². The normalized spacial score (nSPS) is 13.0. The molecule has 1 aromatic rings. The number of hydrogen-bond donors (Lipinski definition) is 1. The summed E-state index contributed by atoms with van der Waals surface area (Å²) in [7, 11) is 0. The minimum absolute atomic E-state index is 0.190. The first-order valence-corrected chi connectivity index (χ1v) is 9.71. The molecule has 0 saturated heterocycles. The summed E-state index contributed by atoms with van der Waals surface area (Å²) < 4.78 is 25.5. The molecule has 0 bridgehead atoms. The highest BCUT2D eigenvalue weighted by molar-refractivity contribution is 7.99. The fraction of sp³-hybridized carbons (Fsp3) is 0.529. The Morgan fingerprint density at radius 3 is 2.81 bits per heavy atom. The van der Waals surface area contributed by atoms with E-state index in [2.05, 4.69) is 9.98 Å². The fourth-order valence-corrected chi connectivity index (χ4v) is 3.25. The van der Waals surface area contributed by atoms with E-state index in [1.807, 2.05) is 0 Å². The van der Waals surface area contributed by atoms with Crippen molar-refractivity contribution < 1.29 is 13.6 Å². The van der Waals surface area contributed by atoms with Gasteiger partial charge in [0.1, 0.15) is 11.2 Å². The lowest BCUT2D eigenvalue weighted by Crippen LogP contribution is -2.44. The van der Waals surface area contributed by atoms with Crippen LogP contribution in [0.1, 0.15) is 26.7 Å². The summed E-state index contributed by atoms with van der Waals surface area (Å²) in [6.45, 7) is 3.03. The molecule has 0 fully saturated rings. The van der Waals surface area contributed by atoms with Crippen LogP contribution in [0.4, 0.5) is 14.5 Å². The maximum atomic E-state index is 12.8. The minimum Gasteiger partial charge on any atom is -0.328 e. The maximum absolute atomic E-state index is 12.8. The van der Waals surface area contributed by atoms with Gasteiger partial charge in [-0.1, -0.05) is 11.6 Å². The van der Waals surface area contributed by atoms with Crippen LogP contribution < -0.4 is 0 Å². The third-order valence-corrected chi connectivity index (χ3v) is 4.62. The van der Waals surface area contributed by atoms with Crippen molar-refractivity contribution in [1.29, 1.82) is 5.41 Å². The van der Waals surface area contributed by atoms with Gasteiger partial charge in [-0.2, -0.15) is 11.8 Å². The standard InChI is InChI=1S/C17H23ClF2N4OS/c1-3-24(15(25)6-9-26-10-7-17(2,19)20)14(16(18)21)12-23-13-5-4-8-22-11-13/h4-5,8,11-12,14,21H,3,6-7,9-10H2,1-2H3. The number of thioether (sulfide) groups is 1. The Bertz CT molecular complexity index is 611. The number of carbonyl (C=O) groups is 1. The molecule has 1 amide bonds. The van der Waals surface area contributed by atoms with Gasteiger partial charge in [-0.05, 0) is 31.7 Å². The average Bonchev–Trinajstić information content (AvgIpc) is 2.57. The lowest BCUT2D eigenvalue weighted by molar-refractivity contribution is -0.130. The molecule has 5 nitrogen and oxygen atoms in total. The Morgan fingerprint density at radius 2 is 2.27 bits per heavy atom. The summed E-state index contributed by atoms with van der Waals surface area (Å²) in [6.07, 6.45) is 4.60. The number of nitrogens with zero attached hydrogens (tertiary/aromatic N) is 3. The fourth-order valence-electron chi connectivity index (χ4n) is 2.05. The molecule has 1 aromatic heterocycles. The van der Waals surface area contributed by atoms with Gasteiger partial charge < -0.3 is 4.90 Å². The van der Waals surface area contributed by atoms with Gasteiger partial charge in [0.25, 0.3) is 0 Å². The Balaban J connectivity index is 2.62. The summed E-state index contributed by atoms with van der Waals surface area (Å²) in [5.41, 5.74) is 0.593. The molecular formula is C17H23ClF2N4OS. The molecule has 1 heterocycles. The lowest BCUT2D eigenvalue weighted by Gasteiger charge is -2.26. The molecule has 0 aliphatic carbocycles. The van der Waals surface area contributed by atoms with Crippen molar-refractivity contribution in [3.05, 3.63) is 24.5 Å². The number of carbonyl (C=O) groups excluding carboxylic acids is 1. The zero-order valence-electron chi connectivity index (χ0n) is 14.8. The molecule has 9 heteroatoms. The van der Waals surface area contributed by atoms with E-state index in [0.29, 0.717) is 23.7 Å². The van der Waals surface area contributed by atoms with Gasteiger partial charge in [0.2, 0.25) is 11.8 Å². The summed E-state index contributed by atoms with van der Waals surface area (Å²) in [6, 6.07) is 2.71. The van der Waals surface area contributed by atoms with E-state index < -0.39 is 12.0 Å². The molecule has 0 aliphatic rings. The van der Waals surface area contributed by atoms with Crippen LogP contribution >= 0.6 is 23.4 Å². The number of hydrogen-bond acceptors (Lipinski definition) is 5. The monoisotopic (exact) mass is 404 g/mol. The van der Waals surface area contributed by atoms with E-state index in [-0.39, 0.29) is 23.9 Å². The van der Waals surface area contributed by atoms with E-state index >= 15 is 0 Å². The van der Waals surface area contributed by atoms with Crippen molar-refractivity contribution >= 4 is 46.3 Å². The first-order valence-electron chi connectivity index (χ1n) is 8.17. The van der Waals surface area contributed by atoms with E-state index in [1.165, 1.54) is 22.9 Å². The number of pyridine rings is 1. The highest BCUT2D eigenvalue weighted by Gasteiger charge is 2.24. The van der Waals surface area contributed by atoms with Crippen LogP contribution in [0.5, 0.6) is 0 Å². The smallest absolute Gasteiger partial charge is 0.246 e. The second-order valence-electron chi connectivity index (χ2n) is 5.64. The van der Waals surface area contributed by atoms with E-state index in [1.54, 1.807) is 31.5 Å². The molecule has 0 radical (unpaired) electrons. The molecule has 0 aromatic carbocycles. The van der Waals surface area contributed by atoms with Gasteiger partial charge in [0.15, 0.2) is 0 Å². The zero-order valence-corrected chi connectivity index (χ0v) is 16.4. The minimum atomic E-state index is -2.69. The van der Waals surface area contributed by atoms with Crippen molar-refractivity contribution in [2.45, 2.75) is 38.7 Å². The number of halogens is 3. The lowest BCUT2D eigenvalue weighted by atomic mass is 10.2. The van der Waals surface area contributed by atoms with Crippen molar-refractivity contribution in [2.24, 2.45) is 4.99 Å². The van der Waals surface area contributed by atoms with Crippen molar-refractivity contribution in [2.75, 3.05) is 18.1 Å². The second-order valence-corrected chi connectivity index (χ2v) is 7.28. The number of alkyl halides is 2. The number of rotatable bonds is 11. The Labute approximate surface area is 161 Å². The largest absolute Gasteiger partial charge is 0.328 e. The Kier molecular flexibility index (Phi) is 9.72. The van der Waals surface area contributed by atoms with Crippen LogP contribution in [0.2, 0.25) is 0 Å². The third-order valence-electron chi connectivity index (χ3n) is 3.41. The number of amides is 1. The Morgan fingerprint density at radius 1 is 1.54 bits per heavy atom. The SMILES string of the molecule is CCN(C(=O)CCSCCC(C)(F)F)C(C=Nc1cccnc1)C(=N)Cl. The molecule has 0 spiro atoms. The van der Waals surface area contributed by atoms with Crippen LogP contribution in [-0.2, 0) is 4.79 Å². The first-order chi connectivity index (χ1) is 12.2. The molecule has 1 atom stereocenters. The van der Waals surface area contributed by atoms with Crippen LogP contribution in [0.15, 0.2) is 29.5 Å². The van der Waals surface area contributed by atoms with Gasteiger partial charge in [-0.25, -0.2) is 8.78 Å². The van der Waals surface area contributed by atoms with Crippen LogP contribution in [0, 0.1) is 5.41 Å². The molecule has 144 valence electrons. The summed E-state index contributed by atoms with van der Waals surface area (Å²) >= 11 is 7.17. The third kappa shape index (κ3) is 8.71. The predicted octanol–water partition coefficient (Wildman–Crippen LogP) is 4.39. The molecule has 0 saturated carbocycles. The second kappa shape index (κ2) is 11.2. The van der Waals surface area contributed by atoms with E-state index in [0.717, 1.165) is 6.92 Å². The number of nitrogens with one attached hydrogen (secondary N) is 1. The van der Waals surface area contributed by atoms with Crippen LogP contribution in [0.3, 0.4) is 0 Å². The molecule has 0 aliphatic heterocycles. The molecule has 1 unspecified atom stereocenters. The van der Waals surface area contributed by atoms with Crippen LogP contribution in [0.25, 0.3) is 0 Å². The van der Waals surface area contributed by atoms with Gasteiger partial charge >= 0.3 is 0 Å². The van der Waals surface area contributed by atoms with Crippen molar-refractivity contribution in [1.82, 2.24) is 9.88 Å². The molecular weight excluding hydrogens is 382 g/mol. The topological polar surface area (TPSA) is 69.4 Å². The number of aliphatic imine (C=N–C) groups is 1. The van der Waals surface area contributed by atoms with Crippen molar-refractivity contribution in [3.63, 3.8) is 0 Å². The van der Waals surface area contributed by atoms with Gasteiger partial charge in [-0.15, -0.1) is 0 Å². The maximum Gasteiger partial charge on any atom is 0.246 e. The summed E-state index contributed by atoms with van der Waals surface area (Å²) in [4.78, 5) is 22.0. The number of aromatic nitrogens is 1. The first kappa shape index (κ1) is 22.5. The van der Waals surface area contributed by atoms with E-state index in [9.17, 15) is 13.6 Å². The average molecular weight is 405 g/mol. The summed E-state index contributed by atoms with van der Waals surface area (Å²) in [5.74, 6) is -2.15. The van der Waals surface area contributed by atoms with Crippen molar-refractivity contribution in [3.8, 4) is 0 Å². The molecule has 26 heavy (non-hydrogen) atoms. The highest BCUT2D eigenvalue weighted by atomic mass is 35.5. The predicted molar refractivity (Wildman–Crippen MR) is 104 cm³/mol. The van der Waals surface area contributed by atoms with Gasteiger partial charge in [0, 0.05) is 37.6 Å². The highest BCUT2D eigenvalue weighted by Crippen LogP contribution is 2.20. The Hall–Kier alpha value is -1.54. The molecule has 1 rings (SSSR count). The van der Waals surface area contributed by atoms with Crippen LogP contribution in [-0.4, -0.2) is 57.2 Å².